The molecule has 5 rings (SSSR count). The van der Waals surface area contributed by atoms with Crippen LogP contribution in [0.15, 0.2) is 36.7 Å². The van der Waals surface area contributed by atoms with Crippen LogP contribution in [0.4, 0.5) is 10.1 Å². The molecule has 3 N–H and O–H groups in total. The number of rotatable bonds is 2. The largest absolute Gasteiger partial charge is 0.494 e. The Morgan fingerprint density at radius 1 is 1.22 bits per heavy atom. The van der Waals surface area contributed by atoms with E-state index in [0.29, 0.717) is 38.6 Å². The van der Waals surface area contributed by atoms with Crippen LogP contribution in [0.3, 0.4) is 0 Å². The minimum absolute atomic E-state index is 0.143. The van der Waals surface area contributed by atoms with Gasteiger partial charge in [0, 0.05) is 40.6 Å². The zero-order valence-electron chi connectivity index (χ0n) is 14.9. The number of nitrogen functional groups attached to an aromatic ring is 1. The van der Waals surface area contributed by atoms with Crippen molar-refractivity contribution in [2.75, 3.05) is 5.73 Å². The fraction of sp³-hybridized carbons (Fsp3) is 0.238. The summed E-state index contributed by atoms with van der Waals surface area (Å²) in [6.07, 6.45) is 6.68. The Kier molecular flexibility index (Phi) is 3.37. The number of aryl methyl sites for hydroxylation is 1. The summed E-state index contributed by atoms with van der Waals surface area (Å²) in [4.78, 5) is 8.97. The molecule has 3 aromatic heterocycles. The van der Waals surface area contributed by atoms with Crippen LogP contribution in [-0.2, 0) is 0 Å². The van der Waals surface area contributed by atoms with E-state index in [-0.39, 0.29) is 17.7 Å². The number of halogens is 1. The van der Waals surface area contributed by atoms with Crippen LogP contribution in [0.25, 0.3) is 32.9 Å². The molecular formula is C21H19FN4O. The molecule has 0 unspecified atom stereocenters. The van der Waals surface area contributed by atoms with Crippen LogP contribution in [0.2, 0.25) is 0 Å². The van der Waals surface area contributed by atoms with Crippen LogP contribution in [-0.4, -0.2) is 19.6 Å². The number of fused-ring (bicyclic) bond motifs is 2. The van der Waals surface area contributed by atoms with Crippen molar-refractivity contribution in [3.05, 3.63) is 48.2 Å². The van der Waals surface area contributed by atoms with E-state index in [1.54, 1.807) is 12.3 Å². The first-order valence-electron chi connectivity index (χ1n) is 9.09. The lowest BCUT2D eigenvalue weighted by atomic mass is 9.93. The van der Waals surface area contributed by atoms with Gasteiger partial charge in [0.15, 0.2) is 0 Å². The highest BCUT2D eigenvalue weighted by molar-refractivity contribution is 6.12. The van der Waals surface area contributed by atoms with Crippen molar-refractivity contribution < 1.29 is 9.50 Å². The first-order valence-corrected chi connectivity index (χ1v) is 9.09. The second-order valence-electron chi connectivity index (χ2n) is 7.24. The number of hydrogen-bond donors (Lipinski definition) is 2. The van der Waals surface area contributed by atoms with Gasteiger partial charge < -0.3 is 15.4 Å². The molecule has 0 radical (unpaired) electrons. The van der Waals surface area contributed by atoms with Gasteiger partial charge in [0.25, 0.3) is 0 Å². The third-order valence-corrected chi connectivity index (χ3v) is 5.57. The quantitative estimate of drug-likeness (QED) is 0.541. The fourth-order valence-corrected chi connectivity index (χ4v) is 3.83. The Hall–Kier alpha value is -3.15. The average molecular weight is 362 g/mol. The van der Waals surface area contributed by atoms with Crippen molar-refractivity contribution in [1.82, 2.24) is 14.5 Å². The second kappa shape index (κ2) is 5.67. The zero-order valence-corrected chi connectivity index (χ0v) is 14.9. The van der Waals surface area contributed by atoms with Crippen LogP contribution < -0.4 is 5.73 Å². The summed E-state index contributed by atoms with van der Waals surface area (Å²) in [5.74, 6) is -0.230. The molecule has 1 aliphatic rings. The molecule has 0 aliphatic heterocycles. The maximum Gasteiger partial charge on any atom is 0.203 e. The standard InChI is InChI=1S/C21H19FN4O/c1-11-5-6-12(9-24-11)17-15(22)8-7-14-19(23)18-16(25-20(14)17)10-26(21(18)27)13-3-2-4-13/h5-10,13,27H,2-4,23H2,1H3. The van der Waals surface area contributed by atoms with Gasteiger partial charge in [-0.25, -0.2) is 9.37 Å². The van der Waals surface area contributed by atoms with Crippen molar-refractivity contribution in [2.45, 2.75) is 32.2 Å². The Labute approximate surface area is 155 Å². The lowest BCUT2D eigenvalue weighted by Gasteiger charge is -2.27. The topological polar surface area (TPSA) is 77.0 Å². The van der Waals surface area contributed by atoms with Crippen molar-refractivity contribution >= 4 is 27.5 Å². The zero-order chi connectivity index (χ0) is 18.7. The molecule has 0 atom stereocenters. The van der Waals surface area contributed by atoms with Crippen molar-refractivity contribution in [2.24, 2.45) is 0 Å². The number of benzene rings is 1. The molecule has 136 valence electrons. The Morgan fingerprint density at radius 2 is 2.04 bits per heavy atom. The summed E-state index contributed by atoms with van der Waals surface area (Å²) in [7, 11) is 0. The molecule has 1 aromatic carbocycles. The number of hydrogen-bond acceptors (Lipinski definition) is 4. The number of aromatic hydroxyl groups is 1. The van der Waals surface area contributed by atoms with Gasteiger partial charge in [-0.1, -0.05) is 6.07 Å². The number of nitrogens with zero attached hydrogens (tertiary/aromatic N) is 3. The molecule has 5 nitrogen and oxygen atoms in total. The van der Waals surface area contributed by atoms with Crippen molar-refractivity contribution in [3.8, 4) is 17.0 Å². The minimum atomic E-state index is -0.373. The highest BCUT2D eigenvalue weighted by Crippen LogP contribution is 2.43. The Balaban J connectivity index is 1.83. The van der Waals surface area contributed by atoms with Gasteiger partial charge in [0.2, 0.25) is 5.88 Å². The van der Waals surface area contributed by atoms with E-state index in [1.165, 1.54) is 6.07 Å². The summed E-state index contributed by atoms with van der Waals surface area (Å²) >= 11 is 0. The normalized spacial score (nSPS) is 14.7. The molecule has 1 saturated carbocycles. The van der Waals surface area contributed by atoms with Gasteiger partial charge in [-0.15, -0.1) is 0 Å². The van der Waals surface area contributed by atoms with Crippen LogP contribution >= 0.6 is 0 Å². The van der Waals surface area contributed by atoms with E-state index < -0.39 is 0 Å². The summed E-state index contributed by atoms with van der Waals surface area (Å²) in [6, 6.07) is 6.96. The first-order chi connectivity index (χ1) is 13.0. The van der Waals surface area contributed by atoms with Gasteiger partial charge in [-0.2, -0.15) is 0 Å². The molecule has 1 fully saturated rings. The lowest BCUT2D eigenvalue weighted by molar-refractivity contribution is 0.283. The number of pyridine rings is 2. The highest BCUT2D eigenvalue weighted by atomic mass is 19.1. The van der Waals surface area contributed by atoms with Gasteiger partial charge in [0.1, 0.15) is 5.82 Å². The third kappa shape index (κ3) is 2.29. The lowest BCUT2D eigenvalue weighted by Crippen LogP contribution is -2.15. The van der Waals surface area contributed by atoms with Crippen LogP contribution in [0.1, 0.15) is 31.0 Å². The predicted molar refractivity (Wildman–Crippen MR) is 104 cm³/mol. The van der Waals surface area contributed by atoms with Crippen molar-refractivity contribution in [3.63, 3.8) is 0 Å². The number of anilines is 1. The molecule has 0 bridgehead atoms. The molecule has 6 heteroatoms. The second-order valence-corrected chi connectivity index (χ2v) is 7.24. The smallest absolute Gasteiger partial charge is 0.203 e. The summed E-state index contributed by atoms with van der Waals surface area (Å²) in [6.45, 7) is 1.88. The molecule has 0 amide bonds. The van der Waals surface area contributed by atoms with E-state index in [9.17, 15) is 9.50 Å². The highest BCUT2D eigenvalue weighted by Gasteiger charge is 2.25. The van der Waals surface area contributed by atoms with E-state index >= 15 is 0 Å². The van der Waals surface area contributed by atoms with Gasteiger partial charge in [-0.3, -0.25) is 4.98 Å². The molecule has 1 aliphatic carbocycles. The summed E-state index contributed by atoms with van der Waals surface area (Å²) in [5.41, 5.74) is 9.77. The van der Waals surface area contributed by atoms with E-state index in [0.717, 1.165) is 25.0 Å². The van der Waals surface area contributed by atoms with Gasteiger partial charge in [0.05, 0.1) is 22.1 Å². The average Bonchev–Trinajstić information content (AvgIpc) is 2.91. The molecule has 27 heavy (non-hydrogen) atoms. The third-order valence-electron chi connectivity index (χ3n) is 5.57. The Morgan fingerprint density at radius 3 is 2.70 bits per heavy atom. The van der Waals surface area contributed by atoms with Crippen LogP contribution in [0, 0.1) is 12.7 Å². The minimum Gasteiger partial charge on any atom is -0.494 e. The SMILES string of the molecule is Cc1ccc(-c2c(F)ccc3c(N)c4c(O)n(C5CCC5)cc4nc23)cn1. The fourth-order valence-electron chi connectivity index (χ4n) is 3.83. The van der Waals surface area contributed by atoms with Crippen LogP contribution in [0.5, 0.6) is 5.88 Å². The van der Waals surface area contributed by atoms with Crippen molar-refractivity contribution in [1.29, 1.82) is 0 Å². The predicted octanol–water partition coefficient (Wildman–Crippen LogP) is 4.71. The number of aromatic nitrogens is 3. The van der Waals surface area contributed by atoms with E-state index in [4.69, 9.17) is 10.7 Å². The summed E-state index contributed by atoms with van der Waals surface area (Å²) in [5, 5.41) is 11.9. The van der Waals surface area contributed by atoms with E-state index in [2.05, 4.69) is 4.98 Å². The first kappa shape index (κ1) is 16.1. The molecule has 0 spiro atoms. The molecule has 4 aromatic rings. The maximum absolute atomic E-state index is 14.8. The number of nitrogens with two attached hydrogens (primary N) is 1. The molecule has 3 heterocycles. The Bertz CT molecular complexity index is 1190. The monoisotopic (exact) mass is 362 g/mol. The van der Waals surface area contributed by atoms with Gasteiger partial charge >= 0.3 is 0 Å². The molecular weight excluding hydrogens is 343 g/mol. The molecule has 0 saturated heterocycles. The summed E-state index contributed by atoms with van der Waals surface area (Å²) < 4.78 is 16.6. The van der Waals surface area contributed by atoms with Gasteiger partial charge in [-0.05, 0) is 44.4 Å². The van der Waals surface area contributed by atoms with E-state index in [1.807, 2.05) is 29.8 Å². The maximum atomic E-state index is 14.8.